The average molecular weight is 300 g/mol. The van der Waals surface area contributed by atoms with E-state index in [1.54, 1.807) is 22.6 Å². The number of hydrogen-bond donors (Lipinski definition) is 1. The summed E-state index contributed by atoms with van der Waals surface area (Å²) in [5.74, 6) is 0.255. The van der Waals surface area contributed by atoms with Gasteiger partial charge in [-0.25, -0.2) is 8.78 Å². The Morgan fingerprint density at radius 1 is 1.62 bits per heavy atom. The van der Waals surface area contributed by atoms with Crippen molar-refractivity contribution >= 4 is 28.3 Å². The number of ether oxygens (including phenoxy) is 1. The number of methoxy groups -OCH3 is 1. The van der Waals surface area contributed by atoms with E-state index in [0.717, 1.165) is 0 Å². The standard InChI is InChI=1S/C7H7F2IN2O/c1-13-6-3(11)2-12-5(4(6)10)7(8)9/h2,7H,11H2,1H3. The molecular weight excluding hydrogens is 293 g/mol. The zero-order valence-corrected chi connectivity index (χ0v) is 8.88. The summed E-state index contributed by atoms with van der Waals surface area (Å²) in [4.78, 5) is 3.52. The lowest BCUT2D eigenvalue weighted by Crippen LogP contribution is -2.01. The molecule has 1 aromatic heterocycles. The highest BCUT2D eigenvalue weighted by molar-refractivity contribution is 14.1. The molecule has 0 radical (unpaired) electrons. The Kier molecular flexibility index (Phi) is 3.23. The van der Waals surface area contributed by atoms with Gasteiger partial charge in [0.25, 0.3) is 6.43 Å². The quantitative estimate of drug-likeness (QED) is 0.852. The van der Waals surface area contributed by atoms with Crippen LogP contribution in [0.4, 0.5) is 14.5 Å². The number of alkyl halides is 2. The van der Waals surface area contributed by atoms with E-state index in [0.29, 0.717) is 0 Å². The zero-order valence-electron chi connectivity index (χ0n) is 6.72. The molecule has 72 valence electrons. The average Bonchev–Trinajstić information content (AvgIpc) is 2.04. The van der Waals surface area contributed by atoms with Gasteiger partial charge in [0.15, 0.2) is 5.75 Å². The van der Waals surface area contributed by atoms with E-state index in [1.165, 1.54) is 13.3 Å². The van der Waals surface area contributed by atoms with Crippen molar-refractivity contribution in [3.05, 3.63) is 15.5 Å². The largest absolute Gasteiger partial charge is 0.493 e. The molecule has 0 bridgehead atoms. The molecule has 0 aliphatic rings. The summed E-state index contributed by atoms with van der Waals surface area (Å²) in [5.41, 5.74) is 5.42. The molecule has 1 heterocycles. The molecule has 0 saturated heterocycles. The molecule has 0 aliphatic heterocycles. The summed E-state index contributed by atoms with van der Waals surface area (Å²) in [5, 5.41) is 0. The van der Waals surface area contributed by atoms with Crippen LogP contribution in [0.5, 0.6) is 5.75 Å². The molecule has 13 heavy (non-hydrogen) atoms. The van der Waals surface area contributed by atoms with E-state index >= 15 is 0 Å². The second-order valence-corrected chi connectivity index (χ2v) is 3.33. The highest BCUT2D eigenvalue weighted by atomic mass is 127. The first kappa shape index (κ1) is 10.4. The predicted molar refractivity (Wildman–Crippen MR) is 52.9 cm³/mol. The molecular formula is C7H7F2IN2O. The van der Waals surface area contributed by atoms with E-state index in [9.17, 15) is 8.78 Å². The monoisotopic (exact) mass is 300 g/mol. The maximum atomic E-state index is 12.3. The van der Waals surface area contributed by atoms with Crippen molar-refractivity contribution < 1.29 is 13.5 Å². The lowest BCUT2D eigenvalue weighted by atomic mass is 10.3. The van der Waals surface area contributed by atoms with Crippen molar-refractivity contribution in [1.82, 2.24) is 4.98 Å². The lowest BCUT2D eigenvalue weighted by Gasteiger charge is -2.09. The van der Waals surface area contributed by atoms with E-state index < -0.39 is 6.43 Å². The Bertz CT molecular complexity index is 320. The van der Waals surface area contributed by atoms with Gasteiger partial charge in [-0.15, -0.1) is 0 Å². The Morgan fingerprint density at radius 3 is 2.69 bits per heavy atom. The molecule has 0 aliphatic carbocycles. The number of aromatic nitrogens is 1. The van der Waals surface area contributed by atoms with Gasteiger partial charge in [0, 0.05) is 0 Å². The fourth-order valence-corrected chi connectivity index (χ4v) is 1.76. The first-order chi connectivity index (χ1) is 6.07. The third-order valence-corrected chi connectivity index (χ3v) is 2.48. The SMILES string of the molecule is COc1c(N)cnc(C(F)F)c1I. The van der Waals surface area contributed by atoms with Crippen molar-refractivity contribution in [2.75, 3.05) is 12.8 Å². The van der Waals surface area contributed by atoms with Crippen LogP contribution in [0.3, 0.4) is 0 Å². The van der Waals surface area contributed by atoms with Crippen LogP contribution in [0.1, 0.15) is 12.1 Å². The Hall–Kier alpha value is -0.660. The van der Waals surface area contributed by atoms with Crippen LogP contribution in [-0.4, -0.2) is 12.1 Å². The van der Waals surface area contributed by atoms with Gasteiger partial charge >= 0.3 is 0 Å². The predicted octanol–water partition coefficient (Wildman–Crippen LogP) is 2.21. The Morgan fingerprint density at radius 2 is 2.23 bits per heavy atom. The van der Waals surface area contributed by atoms with Crippen molar-refractivity contribution in [2.45, 2.75) is 6.43 Å². The van der Waals surface area contributed by atoms with Gasteiger partial charge in [-0.05, 0) is 22.6 Å². The molecule has 0 saturated carbocycles. The number of nitrogens with zero attached hydrogens (tertiary/aromatic N) is 1. The summed E-state index contributed by atoms with van der Waals surface area (Å²) in [6.45, 7) is 0. The van der Waals surface area contributed by atoms with Gasteiger partial charge in [0.2, 0.25) is 0 Å². The normalized spacial score (nSPS) is 10.5. The zero-order chi connectivity index (χ0) is 10.0. The second kappa shape index (κ2) is 4.03. The lowest BCUT2D eigenvalue weighted by molar-refractivity contribution is 0.144. The van der Waals surface area contributed by atoms with Crippen molar-refractivity contribution in [3.63, 3.8) is 0 Å². The summed E-state index contributed by atoms with van der Waals surface area (Å²) in [7, 11) is 1.38. The number of nitrogen functional groups attached to an aromatic ring is 1. The fourth-order valence-electron chi connectivity index (χ4n) is 0.857. The molecule has 0 unspecified atom stereocenters. The Labute approximate surface area is 87.4 Å². The third kappa shape index (κ3) is 1.98. The fraction of sp³-hybridized carbons (Fsp3) is 0.286. The molecule has 3 nitrogen and oxygen atoms in total. The maximum Gasteiger partial charge on any atom is 0.281 e. The van der Waals surface area contributed by atoms with Crippen LogP contribution in [0.15, 0.2) is 6.20 Å². The van der Waals surface area contributed by atoms with E-state index in [4.69, 9.17) is 10.5 Å². The van der Waals surface area contributed by atoms with Gasteiger partial charge < -0.3 is 10.5 Å². The van der Waals surface area contributed by atoms with E-state index in [1.807, 2.05) is 0 Å². The smallest absolute Gasteiger partial charge is 0.281 e. The van der Waals surface area contributed by atoms with Gasteiger partial charge in [-0.2, -0.15) is 0 Å². The number of rotatable bonds is 2. The van der Waals surface area contributed by atoms with Crippen molar-refractivity contribution in [2.24, 2.45) is 0 Å². The highest BCUT2D eigenvalue weighted by Crippen LogP contribution is 2.33. The molecule has 1 aromatic rings. The molecule has 0 aromatic carbocycles. The van der Waals surface area contributed by atoms with Crippen molar-refractivity contribution in [3.8, 4) is 5.75 Å². The highest BCUT2D eigenvalue weighted by Gasteiger charge is 2.18. The van der Waals surface area contributed by atoms with Crippen LogP contribution in [-0.2, 0) is 0 Å². The van der Waals surface area contributed by atoms with Crippen molar-refractivity contribution in [1.29, 1.82) is 0 Å². The molecule has 0 spiro atoms. The van der Waals surface area contributed by atoms with Gasteiger partial charge in [-0.3, -0.25) is 4.98 Å². The van der Waals surface area contributed by atoms with Crippen LogP contribution >= 0.6 is 22.6 Å². The number of anilines is 1. The number of hydrogen-bond acceptors (Lipinski definition) is 3. The Balaban J connectivity index is 3.27. The summed E-state index contributed by atoms with van der Waals surface area (Å²) >= 11 is 1.73. The molecule has 1 rings (SSSR count). The van der Waals surface area contributed by atoms with Gasteiger partial charge in [0.05, 0.1) is 22.6 Å². The minimum atomic E-state index is -2.61. The van der Waals surface area contributed by atoms with Crippen LogP contribution in [0, 0.1) is 3.57 Å². The van der Waals surface area contributed by atoms with E-state index in [2.05, 4.69) is 4.98 Å². The van der Waals surface area contributed by atoms with Gasteiger partial charge in [0.1, 0.15) is 5.69 Å². The molecule has 0 amide bonds. The van der Waals surface area contributed by atoms with Gasteiger partial charge in [-0.1, -0.05) is 0 Å². The number of pyridine rings is 1. The maximum absolute atomic E-state index is 12.3. The molecule has 2 N–H and O–H groups in total. The third-order valence-electron chi connectivity index (χ3n) is 1.44. The summed E-state index contributed by atoms with van der Waals surface area (Å²) < 4.78 is 29.7. The van der Waals surface area contributed by atoms with Crippen LogP contribution in [0.2, 0.25) is 0 Å². The summed E-state index contributed by atoms with van der Waals surface area (Å²) in [6.07, 6.45) is -1.44. The first-order valence-corrected chi connectivity index (χ1v) is 4.41. The second-order valence-electron chi connectivity index (χ2n) is 2.25. The number of nitrogens with two attached hydrogens (primary N) is 1. The van der Waals surface area contributed by atoms with Crippen LogP contribution < -0.4 is 10.5 Å². The van der Waals surface area contributed by atoms with Crippen LogP contribution in [0.25, 0.3) is 0 Å². The molecule has 0 fully saturated rings. The number of halogens is 3. The van der Waals surface area contributed by atoms with E-state index in [-0.39, 0.29) is 20.7 Å². The minimum Gasteiger partial charge on any atom is -0.493 e. The minimum absolute atomic E-state index is 0.255. The molecule has 6 heteroatoms. The summed E-state index contributed by atoms with van der Waals surface area (Å²) in [6, 6.07) is 0. The first-order valence-electron chi connectivity index (χ1n) is 3.34. The molecule has 0 atom stereocenters. The topological polar surface area (TPSA) is 48.1 Å².